The number of ether oxygens (including phenoxy) is 1. The Kier molecular flexibility index (Phi) is 3.62. The fraction of sp³-hybridized carbons (Fsp3) is 0.0526. The molecule has 0 amide bonds. The van der Waals surface area contributed by atoms with E-state index in [4.69, 9.17) is 10.5 Å². The lowest BCUT2D eigenvalue weighted by Gasteiger charge is -2.02. The number of benzene rings is 2. The van der Waals surface area contributed by atoms with Gasteiger partial charge in [0.2, 0.25) is 5.78 Å². The van der Waals surface area contributed by atoms with Crippen LogP contribution in [-0.4, -0.2) is 17.9 Å². The van der Waals surface area contributed by atoms with Crippen LogP contribution in [0.5, 0.6) is 5.75 Å². The zero-order valence-electron chi connectivity index (χ0n) is 13.2. The van der Waals surface area contributed by atoms with Crippen LogP contribution in [0, 0.1) is 5.82 Å². The third-order valence-corrected chi connectivity index (χ3v) is 5.33. The largest absolute Gasteiger partial charge is 0.497 e. The number of thiophene rings is 1. The number of aromatic nitrogens is 1. The lowest BCUT2D eigenvalue weighted by atomic mass is 10.1. The van der Waals surface area contributed by atoms with E-state index in [0.717, 1.165) is 4.70 Å². The highest BCUT2D eigenvalue weighted by atomic mass is 32.1. The van der Waals surface area contributed by atoms with E-state index in [1.165, 1.54) is 23.5 Å². The first-order valence-electron chi connectivity index (χ1n) is 7.53. The topological polar surface area (TPSA) is 65.2 Å². The number of pyridine rings is 1. The molecule has 0 saturated heterocycles. The highest BCUT2D eigenvalue weighted by Crippen LogP contribution is 2.38. The van der Waals surface area contributed by atoms with Gasteiger partial charge >= 0.3 is 0 Å². The number of rotatable bonds is 3. The minimum absolute atomic E-state index is 0.175. The summed E-state index contributed by atoms with van der Waals surface area (Å²) < 4.78 is 19.5. The number of hydrogen-bond donors (Lipinski definition) is 1. The highest BCUT2D eigenvalue weighted by molar-refractivity contribution is 7.22. The van der Waals surface area contributed by atoms with E-state index < -0.39 is 0 Å². The van der Waals surface area contributed by atoms with Gasteiger partial charge in [-0.05, 0) is 42.5 Å². The van der Waals surface area contributed by atoms with Gasteiger partial charge in [0.1, 0.15) is 11.6 Å². The van der Waals surface area contributed by atoms with E-state index in [1.54, 1.807) is 43.6 Å². The quantitative estimate of drug-likeness (QED) is 0.555. The molecular weight excluding hydrogens is 339 g/mol. The minimum Gasteiger partial charge on any atom is -0.497 e. The summed E-state index contributed by atoms with van der Waals surface area (Å²) in [7, 11) is 1.57. The van der Waals surface area contributed by atoms with Crippen LogP contribution in [-0.2, 0) is 0 Å². The number of nitrogens with zero attached hydrogens (tertiary/aromatic N) is 1. The molecule has 0 fully saturated rings. The highest BCUT2D eigenvalue weighted by Gasteiger charge is 2.20. The summed E-state index contributed by atoms with van der Waals surface area (Å²) in [6, 6.07) is 11.2. The Hall–Kier alpha value is -2.99. The zero-order valence-corrected chi connectivity index (χ0v) is 14.1. The number of hydrogen-bond acceptors (Lipinski definition) is 5. The van der Waals surface area contributed by atoms with Crippen molar-refractivity contribution in [3.05, 3.63) is 64.9 Å². The molecule has 2 aromatic carbocycles. The molecule has 4 nitrogen and oxygen atoms in total. The van der Waals surface area contributed by atoms with Gasteiger partial charge in [-0.25, -0.2) is 4.39 Å². The second-order valence-corrected chi connectivity index (χ2v) is 6.59. The number of ketones is 1. The molecule has 6 heteroatoms. The second-order valence-electron chi connectivity index (χ2n) is 5.56. The summed E-state index contributed by atoms with van der Waals surface area (Å²) in [6.07, 6.45) is 1.63. The van der Waals surface area contributed by atoms with Crippen molar-refractivity contribution in [2.24, 2.45) is 0 Å². The van der Waals surface area contributed by atoms with Crippen molar-refractivity contribution in [3.63, 3.8) is 0 Å². The van der Waals surface area contributed by atoms with Gasteiger partial charge < -0.3 is 10.5 Å². The fourth-order valence-corrected chi connectivity index (χ4v) is 3.94. The van der Waals surface area contributed by atoms with Crippen molar-refractivity contribution in [2.75, 3.05) is 12.8 Å². The van der Waals surface area contributed by atoms with Crippen LogP contribution in [0.3, 0.4) is 0 Å². The zero-order chi connectivity index (χ0) is 17.6. The Bertz CT molecular complexity index is 1120. The Balaban J connectivity index is 1.89. The van der Waals surface area contributed by atoms with Gasteiger partial charge in [0.05, 0.1) is 23.2 Å². The first-order valence-corrected chi connectivity index (χ1v) is 8.35. The first kappa shape index (κ1) is 15.5. The van der Waals surface area contributed by atoms with Gasteiger partial charge in [0.25, 0.3) is 0 Å². The monoisotopic (exact) mass is 352 g/mol. The number of carbonyl (C=O) groups is 1. The van der Waals surface area contributed by atoms with E-state index in [9.17, 15) is 9.18 Å². The number of anilines is 1. The van der Waals surface area contributed by atoms with E-state index in [1.807, 2.05) is 0 Å². The molecule has 0 saturated carbocycles. The number of fused-ring (bicyclic) bond motifs is 3. The van der Waals surface area contributed by atoms with Gasteiger partial charge in [0.15, 0.2) is 0 Å². The van der Waals surface area contributed by atoms with Gasteiger partial charge in [-0.2, -0.15) is 0 Å². The minimum atomic E-state index is -0.350. The smallest absolute Gasteiger partial charge is 0.205 e. The molecule has 4 rings (SSSR count). The summed E-state index contributed by atoms with van der Waals surface area (Å²) in [5.41, 5.74) is 7.75. The maximum Gasteiger partial charge on any atom is 0.205 e. The predicted octanol–water partition coefficient (Wildman–Crippen LogP) is 4.41. The molecule has 0 aliphatic rings. The van der Waals surface area contributed by atoms with E-state index >= 15 is 0 Å². The van der Waals surface area contributed by atoms with Crippen LogP contribution in [0.2, 0.25) is 0 Å². The molecule has 2 aromatic heterocycles. The number of methoxy groups -OCH3 is 1. The molecule has 0 atom stereocenters. The third kappa shape index (κ3) is 2.51. The number of carbonyl (C=O) groups excluding carboxylic acids is 1. The van der Waals surface area contributed by atoms with E-state index in [-0.39, 0.29) is 11.6 Å². The average Bonchev–Trinajstić information content (AvgIpc) is 2.98. The van der Waals surface area contributed by atoms with Crippen LogP contribution < -0.4 is 10.5 Å². The van der Waals surface area contributed by atoms with Gasteiger partial charge in [-0.15, -0.1) is 11.3 Å². The Morgan fingerprint density at radius 2 is 1.92 bits per heavy atom. The van der Waals surface area contributed by atoms with Crippen LogP contribution in [0.25, 0.3) is 21.0 Å². The SMILES string of the molecule is COc1ccc(C(=O)c2sc3c(cnc4ccc(F)cc43)c2N)cc1. The molecule has 2 heterocycles. The lowest BCUT2D eigenvalue weighted by Crippen LogP contribution is -2.02. The average molecular weight is 352 g/mol. The Labute approximate surface area is 146 Å². The standard InChI is InChI=1S/C19H13FN2O2S/c1-24-12-5-2-10(3-6-12)17(23)19-16(21)14-9-22-15-7-4-11(20)8-13(15)18(14)25-19/h2-9H,21H2,1H3. The van der Waals surface area contributed by atoms with Crippen LogP contribution in [0.15, 0.2) is 48.7 Å². The molecule has 0 bridgehead atoms. The Morgan fingerprint density at radius 1 is 1.16 bits per heavy atom. The summed E-state index contributed by atoms with van der Waals surface area (Å²) in [6.45, 7) is 0. The molecular formula is C19H13FN2O2S. The van der Waals surface area contributed by atoms with Crippen molar-refractivity contribution in [1.82, 2.24) is 4.98 Å². The molecule has 0 aliphatic heterocycles. The molecule has 0 spiro atoms. The predicted molar refractivity (Wildman–Crippen MR) is 97.9 cm³/mol. The number of halogens is 1. The molecule has 4 aromatic rings. The summed E-state index contributed by atoms with van der Waals surface area (Å²) in [5, 5.41) is 1.32. The van der Waals surface area contributed by atoms with Crippen LogP contribution >= 0.6 is 11.3 Å². The normalized spacial score (nSPS) is 11.1. The maximum atomic E-state index is 13.6. The van der Waals surface area contributed by atoms with E-state index in [0.29, 0.717) is 38.2 Å². The third-order valence-electron chi connectivity index (χ3n) is 4.08. The molecule has 0 unspecified atom stereocenters. The first-order chi connectivity index (χ1) is 12.1. The fourth-order valence-electron chi connectivity index (χ4n) is 2.76. The lowest BCUT2D eigenvalue weighted by molar-refractivity contribution is 0.104. The van der Waals surface area contributed by atoms with Crippen LogP contribution in [0.1, 0.15) is 15.2 Å². The van der Waals surface area contributed by atoms with Crippen molar-refractivity contribution < 1.29 is 13.9 Å². The molecule has 2 N–H and O–H groups in total. The second kappa shape index (κ2) is 5.82. The molecule has 124 valence electrons. The van der Waals surface area contributed by atoms with Gasteiger partial charge in [-0.1, -0.05) is 0 Å². The molecule has 25 heavy (non-hydrogen) atoms. The molecule has 0 aliphatic carbocycles. The number of nitrogen functional groups attached to an aromatic ring is 1. The van der Waals surface area contributed by atoms with Gasteiger partial charge in [0, 0.05) is 27.2 Å². The van der Waals surface area contributed by atoms with Crippen molar-refractivity contribution in [1.29, 1.82) is 0 Å². The summed E-state index contributed by atoms with van der Waals surface area (Å²) in [4.78, 5) is 17.6. The van der Waals surface area contributed by atoms with Crippen molar-refractivity contribution in [3.8, 4) is 5.75 Å². The van der Waals surface area contributed by atoms with E-state index in [2.05, 4.69) is 4.98 Å². The summed E-state index contributed by atoms with van der Waals surface area (Å²) >= 11 is 1.26. The van der Waals surface area contributed by atoms with Crippen molar-refractivity contribution in [2.45, 2.75) is 0 Å². The number of nitrogens with two attached hydrogens (primary N) is 1. The van der Waals surface area contributed by atoms with Crippen molar-refractivity contribution >= 4 is 43.8 Å². The molecule has 0 radical (unpaired) electrons. The van der Waals surface area contributed by atoms with Crippen LogP contribution in [0.4, 0.5) is 10.1 Å². The Morgan fingerprint density at radius 3 is 2.64 bits per heavy atom. The van der Waals surface area contributed by atoms with Gasteiger partial charge in [-0.3, -0.25) is 9.78 Å². The summed E-state index contributed by atoms with van der Waals surface area (Å²) in [5.74, 6) is 0.147. The maximum absolute atomic E-state index is 13.6.